The maximum Gasteiger partial charge on any atom is 0.116 e. The zero-order valence-corrected chi connectivity index (χ0v) is 19.0. The molecule has 6 rings (SSSR count). The van der Waals surface area contributed by atoms with Crippen molar-refractivity contribution in [1.29, 1.82) is 0 Å². The molecule has 33 heavy (non-hydrogen) atoms. The minimum Gasteiger partial charge on any atom is -0.261 e. The van der Waals surface area contributed by atoms with Crippen molar-refractivity contribution >= 4 is 32.4 Å². The van der Waals surface area contributed by atoms with E-state index >= 15 is 0 Å². The molecule has 0 N–H and O–H groups in total. The number of hydrogen-bond donors (Lipinski definition) is 0. The fraction of sp³-hybridized carbons (Fsp3) is 0.107. The summed E-state index contributed by atoms with van der Waals surface area (Å²) in [5.41, 5.74) is 4.14. The normalized spacial score (nSPS) is 10.3. The maximum atomic E-state index is 4.21. The molecule has 0 unspecified atom stereocenters. The third kappa shape index (κ3) is 5.33. The molecule has 0 spiro atoms. The Hall–Kier alpha value is -4.25. The van der Waals surface area contributed by atoms with Gasteiger partial charge in [0.1, 0.15) is 6.33 Å². The number of benzene rings is 3. The SMILES string of the molecule is Cc1nccc2ccccc12.Cc1ncnc2ccccc12.Cc1nncc2ccccc12. The van der Waals surface area contributed by atoms with E-state index in [1.165, 1.54) is 16.2 Å². The molecule has 0 atom stereocenters. The minimum absolute atomic E-state index is 0.989. The first-order valence-electron chi connectivity index (χ1n) is 10.8. The lowest BCUT2D eigenvalue weighted by atomic mass is 10.1. The van der Waals surface area contributed by atoms with Crippen LogP contribution in [0.25, 0.3) is 32.4 Å². The zero-order chi connectivity index (χ0) is 23.0. The van der Waals surface area contributed by atoms with Crippen LogP contribution in [0.15, 0.2) is 97.6 Å². The molecule has 3 aromatic carbocycles. The van der Waals surface area contributed by atoms with E-state index in [0.29, 0.717) is 0 Å². The van der Waals surface area contributed by atoms with E-state index in [9.17, 15) is 0 Å². The molecule has 0 aliphatic heterocycles. The van der Waals surface area contributed by atoms with Gasteiger partial charge in [-0.15, -0.1) is 0 Å². The average Bonchev–Trinajstić information content (AvgIpc) is 2.86. The summed E-state index contributed by atoms with van der Waals surface area (Å²) in [4.78, 5) is 12.4. The Morgan fingerprint density at radius 3 is 1.82 bits per heavy atom. The van der Waals surface area contributed by atoms with E-state index in [4.69, 9.17) is 0 Å². The van der Waals surface area contributed by atoms with E-state index in [2.05, 4.69) is 43.3 Å². The molecule has 5 heteroatoms. The predicted octanol–water partition coefficient (Wildman–Crippen LogP) is 6.42. The van der Waals surface area contributed by atoms with Crippen LogP contribution in [-0.4, -0.2) is 25.1 Å². The highest BCUT2D eigenvalue weighted by Gasteiger charge is 1.96. The molecule has 0 aliphatic rings. The van der Waals surface area contributed by atoms with Crippen LogP contribution in [-0.2, 0) is 0 Å². The van der Waals surface area contributed by atoms with Gasteiger partial charge in [-0.3, -0.25) is 4.98 Å². The summed E-state index contributed by atoms with van der Waals surface area (Å²) >= 11 is 0. The number of aromatic nitrogens is 5. The number of rotatable bonds is 0. The third-order valence-corrected chi connectivity index (χ3v) is 5.37. The van der Waals surface area contributed by atoms with Crippen LogP contribution in [0.1, 0.15) is 17.1 Å². The Morgan fingerprint density at radius 2 is 1.12 bits per heavy atom. The van der Waals surface area contributed by atoms with Crippen LogP contribution in [0.2, 0.25) is 0 Å². The van der Waals surface area contributed by atoms with E-state index in [-0.39, 0.29) is 0 Å². The molecule has 0 radical (unpaired) electrons. The Labute approximate surface area is 193 Å². The topological polar surface area (TPSA) is 64.5 Å². The highest BCUT2D eigenvalue weighted by molar-refractivity contribution is 5.84. The molecule has 3 heterocycles. The van der Waals surface area contributed by atoms with Crippen LogP contribution in [0, 0.1) is 20.8 Å². The first-order valence-corrected chi connectivity index (χ1v) is 10.8. The molecule has 0 amide bonds. The Balaban J connectivity index is 0.000000118. The average molecular weight is 432 g/mol. The van der Waals surface area contributed by atoms with E-state index in [1.54, 1.807) is 12.5 Å². The van der Waals surface area contributed by atoms with Crippen molar-refractivity contribution in [2.75, 3.05) is 0 Å². The highest BCUT2D eigenvalue weighted by atomic mass is 15.1. The molecule has 6 aromatic rings. The van der Waals surface area contributed by atoms with Crippen LogP contribution < -0.4 is 0 Å². The molecular weight excluding hydrogens is 406 g/mol. The molecule has 5 nitrogen and oxygen atoms in total. The summed E-state index contributed by atoms with van der Waals surface area (Å²) in [5.74, 6) is 0. The van der Waals surface area contributed by atoms with Crippen molar-refractivity contribution in [1.82, 2.24) is 25.1 Å². The molecule has 0 aliphatic carbocycles. The summed E-state index contributed by atoms with van der Waals surface area (Å²) in [6.45, 7) is 5.99. The first kappa shape index (κ1) is 22.0. The monoisotopic (exact) mass is 431 g/mol. The standard InChI is InChI=1S/C10H9N.2C9H8N2/c1-8-10-5-3-2-4-9(10)6-7-11-8;1-7-8-4-2-3-5-9(8)11-6-10-7;1-7-9-5-3-2-4-8(9)6-10-11-7/h2-7H,1H3;2*2-6H,1H3. The lowest BCUT2D eigenvalue weighted by Gasteiger charge is -1.97. The zero-order valence-electron chi connectivity index (χ0n) is 19.0. The van der Waals surface area contributed by atoms with Crippen LogP contribution in [0.4, 0.5) is 0 Å². The summed E-state index contributed by atoms with van der Waals surface area (Å²) in [6, 6.07) is 26.4. The van der Waals surface area contributed by atoms with E-state index in [0.717, 1.165) is 33.4 Å². The predicted molar refractivity (Wildman–Crippen MR) is 135 cm³/mol. The summed E-state index contributed by atoms with van der Waals surface area (Å²) < 4.78 is 0. The largest absolute Gasteiger partial charge is 0.261 e. The number of pyridine rings is 1. The van der Waals surface area contributed by atoms with Gasteiger partial charge in [-0.1, -0.05) is 66.7 Å². The smallest absolute Gasteiger partial charge is 0.116 e. The summed E-state index contributed by atoms with van der Waals surface area (Å²) in [7, 11) is 0. The van der Waals surface area contributed by atoms with Gasteiger partial charge in [0.2, 0.25) is 0 Å². The highest BCUT2D eigenvalue weighted by Crippen LogP contribution is 2.15. The number of nitrogens with zero attached hydrogens (tertiary/aromatic N) is 5. The number of hydrogen-bond acceptors (Lipinski definition) is 5. The molecule has 0 saturated carbocycles. The van der Waals surface area contributed by atoms with Crippen molar-refractivity contribution in [3.05, 3.63) is 115 Å². The van der Waals surface area contributed by atoms with Crippen LogP contribution >= 0.6 is 0 Å². The molecular formula is C28H25N5. The quantitative estimate of drug-likeness (QED) is 0.278. The van der Waals surface area contributed by atoms with Crippen molar-refractivity contribution < 1.29 is 0 Å². The van der Waals surface area contributed by atoms with Crippen LogP contribution in [0.3, 0.4) is 0 Å². The number of fused-ring (bicyclic) bond motifs is 3. The Bertz CT molecular complexity index is 1310. The van der Waals surface area contributed by atoms with Crippen molar-refractivity contribution in [3.63, 3.8) is 0 Å². The van der Waals surface area contributed by atoms with Gasteiger partial charge in [0, 0.05) is 39.1 Å². The van der Waals surface area contributed by atoms with Gasteiger partial charge in [-0.05, 0) is 38.3 Å². The van der Waals surface area contributed by atoms with Gasteiger partial charge in [0.15, 0.2) is 0 Å². The lowest BCUT2D eigenvalue weighted by Crippen LogP contribution is -1.86. The second-order valence-corrected chi connectivity index (χ2v) is 7.61. The molecule has 0 saturated heterocycles. The number of para-hydroxylation sites is 1. The summed E-state index contributed by atoms with van der Waals surface area (Å²) in [5, 5.41) is 13.8. The molecule has 0 bridgehead atoms. The Morgan fingerprint density at radius 1 is 0.515 bits per heavy atom. The van der Waals surface area contributed by atoms with Crippen molar-refractivity contribution in [2.24, 2.45) is 0 Å². The molecule has 0 fully saturated rings. The minimum atomic E-state index is 0.989. The molecule has 3 aromatic heterocycles. The fourth-order valence-electron chi connectivity index (χ4n) is 3.58. The third-order valence-electron chi connectivity index (χ3n) is 5.37. The van der Waals surface area contributed by atoms with E-state index < -0.39 is 0 Å². The lowest BCUT2D eigenvalue weighted by molar-refractivity contribution is 1.00. The van der Waals surface area contributed by atoms with Gasteiger partial charge in [-0.25, -0.2) is 9.97 Å². The summed E-state index contributed by atoms with van der Waals surface area (Å²) in [6.07, 6.45) is 5.22. The molecule has 162 valence electrons. The van der Waals surface area contributed by atoms with Gasteiger partial charge in [0.05, 0.1) is 17.4 Å². The Kier molecular flexibility index (Phi) is 6.90. The first-order chi connectivity index (χ1) is 16.1. The van der Waals surface area contributed by atoms with Crippen molar-refractivity contribution in [2.45, 2.75) is 20.8 Å². The maximum absolute atomic E-state index is 4.21. The van der Waals surface area contributed by atoms with E-state index in [1.807, 2.05) is 87.6 Å². The van der Waals surface area contributed by atoms with Crippen LogP contribution in [0.5, 0.6) is 0 Å². The van der Waals surface area contributed by atoms with Gasteiger partial charge in [0.25, 0.3) is 0 Å². The van der Waals surface area contributed by atoms with Gasteiger partial charge < -0.3 is 0 Å². The second kappa shape index (κ2) is 10.4. The van der Waals surface area contributed by atoms with Gasteiger partial charge >= 0.3 is 0 Å². The van der Waals surface area contributed by atoms with Crippen molar-refractivity contribution in [3.8, 4) is 0 Å². The second-order valence-electron chi connectivity index (χ2n) is 7.61. The number of aryl methyl sites for hydroxylation is 3. The van der Waals surface area contributed by atoms with Gasteiger partial charge in [-0.2, -0.15) is 10.2 Å². The fourth-order valence-corrected chi connectivity index (χ4v) is 3.58.